The molecule has 56 valence electrons. The summed E-state index contributed by atoms with van der Waals surface area (Å²) in [4.78, 5) is 2.67. The van der Waals surface area contributed by atoms with Gasteiger partial charge in [0.2, 0.25) is 0 Å². The maximum absolute atomic E-state index is 5.74. The lowest BCUT2D eigenvalue weighted by Crippen LogP contribution is -2.03. The highest BCUT2D eigenvalue weighted by Gasteiger charge is 2.05. The van der Waals surface area contributed by atoms with Gasteiger partial charge in [-0.25, -0.2) is 0 Å². The fourth-order valence-corrected chi connectivity index (χ4v) is 2.10. The number of hydrogen-bond acceptors (Lipinski definition) is 2. The van der Waals surface area contributed by atoms with E-state index in [1.54, 1.807) is 11.3 Å². The Kier molecular flexibility index (Phi) is 2.11. The van der Waals surface area contributed by atoms with E-state index in [1.165, 1.54) is 15.3 Å². The van der Waals surface area contributed by atoms with Gasteiger partial charge in [-0.15, -0.1) is 11.3 Å². The van der Waals surface area contributed by atoms with Gasteiger partial charge < -0.3 is 5.73 Å². The van der Waals surface area contributed by atoms with Crippen molar-refractivity contribution in [2.75, 3.05) is 0 Å². The van der Waals surface area contributed by atoms with Crippen molar-refractivity contribution in [1.29, 1.82) is 0 Å². The second-order valence-electron chi connectivity index (χ2n) is 2.69. The van der Waals surface area contributed by atoms with Crippen LogP contribution in [-0.4, -0.2) is 0 Å². The van der Waals surface area contributed by atoms with E-state index in [9.17, 15) is 0 Å². The molecule has 2 heteroatoms. The summed E-state index contributed by atoms with van der Waals surface area (Å²) in [5, 5.41) is 0. The van der Waals surface area contributed by atoms with Crippen LogP contribution in [0.5, 0.6) is 0 Å². The molecule has 0 amide bonds. The lowest BCUT2D eigenvalue weighted by atomic mass is 10.2. The molecule has 0 saturated carbocycles. The Labute approximate surface area is 65.9 Å². The second-order valence-corrected chi connectivity index (χ2v) is 3.98. The fraction of sp³-hybridized carbons (Fsp3) is 0.500. The van der Waals surface area contributed by atoms with Crippen molar-refractivity contribution in [2.45, 2.75) is 26.8 Å². The molecule has 0 fully saturated rings. The zero-order chi connectivity index (χ0) is 7.72. The summed E-state index contributed by atoms with van der Waals surface area (Å²) in [6.45, 7) is 6.25. The van der Waals surface area contributed by atoms with Gasteiger partial charge >= 0.3 is 0 Å². The summed E-state index contributed by atoms with van der Waals surface area (Å²) in [6, 6.07) is 2.38. The Hall–Kier alpha value is -0.340. The third-order valence-electron chi connectivity index (χ3n) is 1.49. The maximum Gasteiger partial charge on any atom is 0.0363 e. The van der Waals surface area contributed by atoms with Crippen molar-refractivity contribution in [2.24, 2.45) is 5.73 Å². The molecule has 1 nitrogen and oxygen atoms in total. The van der Waals surface area contributed by atoms with E-state index >= 15 is 0 Å². The molecule has 0 aliphatic carbocycles. The maximum atomic E-state index is 5.74. The highest BCUT2D eigenvalue weighted by molar-refractivity contribution is 7.12. The molecule has 2 N–H and O–H groups in total. The highest BCUT2D eigenvalue weighted by Crippen LogP contribution is 2.25. The fourth-order valence-electron chi connectivity index (χ4n) is 1.11. The summed E-state index contributed by atoms with van der Waals surface area (Å²) in [5.41, 5.74) is 7.07. The first-order valence-corrected chi connectivity index (χ1v) is 4.25. The molecule has 1 atom stereocenters. The number of hydrogen-bond donors (Lipinski definition) is 1. The predicted molar refractivity (Wildman–Crippen MR) is 46.4 cm³/mol. The Morgan fingerprint density at radius 3 is 2.30 bits per heavy atom. The first kappa shape index (κ1) is 7.76. The third-order valence-corrected chi connectivity index (χ3v) is 2.85. The quantitative estimate of drug-likeness (QED) is 0.662. The standard InChI is InChI=1S/C8H13NS/c1-5-4-6(2)10-8(5)7(3)9/h4,7H,9H2,1-3H3. The first-order chi connectivity index (χ1) is 4.61. The molecule has 1 unspecified atom stereocenters. The predicted octanol–water partition coefficient (Wildman–Crippen LogP) is 2.38. The van der Waals surface area contributed by atoms with Crippen molar-refractivity contribution in [3.05, 3.63) is 21.4 Å². The normalized spacial score (nSPS) is 13.6. The van der Waals surface area contributed by atoms with Crippen LogP contribution >= 0.6 is 11.3 Å². The molecule has 0 bridgehead atoms. The first-order valence-electron chi connectivity index (χ1n) is 3.43. The van der Waals surface area contributed by atoms with Crippen molar-refractivity contribution in [1.82, 2.24) is 0 Å². The molecule has 0 saturated heterocycles. The van der Waals surface area contributed by atoms with E-state index in [-0.39, 0.29) is 6.04 Å². The van der Waals surface area contributed by atoms with Crippen molar-refractivity contribution < 1.29 is 0 Å². The average Bonchev–Trinajstić information content (AvgIpc) is 2.10. The molecular weight excluding hydrogens is 142 g/mol. The molecule has 1 aromatic rings. The zero-order valence-corrected chi connectivity index (χ0v) is 7.46. The van der Waals surface area contributed by atoms with Crippen LogP contribution in [0.4, 0.5) is 0 Å². The largest absolute Gasteiger partial charge is 0.323 e. The minimum Gasteiger partial charge on any atom is -0.323 e. The Balaban J connectivity index is 3.03. The Morgan fingerprint density at radius 1 is 1.50 bits per heavy atom. The molecule has 1 rings (SSSR count). The number of thiophene rings is 1. The van der Waals surface area contributed by atoms with Crippen LogP contribution in [0, 0.1) is 13.8 Å². The summed E-state index contributed by atoms with van der Waals surface area (Å²) in [7, 11) is 0. The number of aryl methyl sites for hydroxylation is 2. The van der Waals surface area contributed by atoms with Crippen LogP contribution in [0.25, 0.3) is 0 Å². The minimum absolute atomic E-state index is 0.193. The molecule has 10 heavy (non-hydrogen) atoms. The molecule has 0 aliphatic heterocycles. The van der Waals surface area contributed by atoms with Gasteiger partial charge in [-0.05, 0) is 32.4 Å². The van der Waals surface area contributed by atoms with Crippen LogP contribution in [-0.2, 0) is 0 Å². The molecule has 0 aliphatic rings. The smallest absolute Gasteiger partial charge is 0.0363 e. The minimum atomic E-state index is 0.193. The number of rotatable bonds is 1. The van der Waals surface area contributed by atoms with Gasteiger partial charge in [-0.2, -0.15) is 0 Å². The SMILES string of the molecule is Cc1cc(C)c(C(C)N)s1. The van der Waals surface area contributed by atoms with Crippen LogP contribution in [0.2, 0.25) is 0 Å². The summed E-state index contributed by atoms with van der Waals surface area (Å²) < 4.78 is 0. The van der Waals surface area contributed by atoms with Crippen molar-refractivity contribution >= 4 is 11.3 Å². The van der Waals surface area contributed by atoms with Crippen LogP contribution in [0.15, 0.2) is 6.07 Å². The van der Waals surface area contributed by atoms with Crippen LogP contribution in [0.3, 0.4) is 0 Å². The summed E-state index contributed by atoms with van der Waals surface area (Å²) in [5.74, 6) is 0. The Bertz CT molecular complexity index is 225. The molecule has 0 radical (unpaired) electrons. The van der Waals surface area contributed by atoms with Gasteiger partial charge in [0.25, 0.3) is 0 Å². The highest BCUT2D eigenvalue weighted by atomic mass is 32.1. The number of nitrogens with two attached hydrogens (primary N) is 1. The molecule has 0 spiro atoms. The third kappa shape index (κ3) is 1.39. The lowest BCUT2D eigenvalue weighted by molar-refractivity contribution is 0.831. The van der Waals surface area contributed by atoms with Gasteiger partial charge in [-0.1, -0.05) is 0 Å². The van der Waals surface area contributed by atoms with Crippen molar-refractivity contribution in [3.8, 4) is 0 Å². The van der Waals surface area contributed by atoms with Gasteiger partial charge in [-0.3, -0.25) is 0 Å². The van der Waals surface area contributed by atoms with Crippen molar-refractivity contribution in [3.63, 3.8) is 0 Å². The lowest BCUT2D eigenvalue weighted by Gasteiger charge is -2.01. The van der Waals surface area contributed by atoms with Gasteiger partial charge in [0.05, 0.1) is 0 Å². The topological polar surface area (TPSA) is 26.0 Å². The molecular formula is C8H13NS. The van der Waals surface area contributed by atoms with E-state index in [0.717, 1.165) is 0 Å². The summed E-state index contributed by atoms with van der Waals surface area (Å²) >= 11 is 1.80. The van der Waals surface area contributed by atoms with E-state index < -0.39 is 0 Å². The van der Waals surface area contributed by atoms with Gasteiger partial charge in [0, 0.05) is 15.8 Å². The van der Waals surface area contributed by atoms with Crippen LogP contribution < -0.4 is 5.73 Å². The van der Waals surface area contributed by atoms with E-state index in [1.807, 2.05) is 6.92 Å². The average molecular weight is 155 g/mol. The van der Waals surface area contributed by atoms with Gasteiger partial charge in [0.1, 0.15) is 0 Å². The monoisotopic (exact) mass is 155 g/mol. The van der Waals surface area contributed by atoms with Gasteiger partial charge in [0.15, 0.2) is 0 Å². The molecule has 1 heterocycles. The molecule has 0 aromatic carbocycles. The van der Waals surface area contributed by atoms with E-state index in [0.29, 0.717) is 0 Å². The van der Waals surface area contributed by atoms with E-state index in [2.05, 4.69) is 19.9 Å². The zero-order valence-electron chi connectivity index (χ0n) is 6.64. The second kappa shape index (κ2) is 2.72. The van der Waals surface area contributed by atoms with E-state index in [4.69, 9.17) is 5.73 Å². The van der Waals surface area contributed by atoms with Crippen LogP contribution in [0.1, 0.15) is 28.3 Å². The summed E-state index contributed by atoms with van der Waals surface area (Å²) in [6.07, 6.45) is 0. The Morgan fingerprint density at radius 2 is 2.10 bits per heavy atom. The molecule has 1 aromatic heterocycles.